The van der Waals surface area contributed by atoms with Crippen LogP contribution in [0.1, 0.15) is 20.8 Å². The molecule has 0 aliphatic heterocycles. The molecule has 8 heteroatoms. The number of carbonyl (C=O) groups excluding carboxylic acids is 1. The van der Waals surface area contributed by atoms with Crippen molar-refractivity contribution in [3.63, 3.8) is 0 Å². The molecule has 0 bridgehead atoms. The summed E-state index contributed by atoms with van der Waals surface area (Å²) in [5.74, 6) is -2.47. The van der Waals surface area contributed by atoms with E-state index in [2.05, 4.69) is 5.32 Å². The van der Waals surface area contributed by atoms with Crippen molar-refractivity contribution >= 4 is 21.6 Å². The van der Waals surface area contributed by atoms with Crippen LogP contribution < -0.4 is 9.62 Å². The summed E-state index contributed by atoms with van der Waals surface area (Å²) < 4.78 is 50.8. The Labute approximate surface area is 123 Å². The smallest absolute Gasteiger partial charge is 0.241 e. The number of rotatable bonds is 4. The summed E-state index contributed by atoms with van der Waals surface area (Å²) in [4.78, 5) is 11.9. The molecule has 0 saturated carbocycles. The molecule has 1 rings (SSSR count). The van der Waals surface area contributed by atoms with Crippen LogP contribution in [0, 0.1) is 11.6 Å². The largest absolute Gasteiger partial charge is 0.350 e. The van der Waals surface area contributed by atoms with Gasteiger partial charge in [-0.05, 0) is 32.9 Å². The molecule has 0 aromatic heterocycles. The van der Waals surface area contributed by atoms with Crippen molar-refractivity contribution in [2.75, 3.05) is 17.1 Å². The van der Waals surface area contributed by atoms with Gasteiger partial charge < -0.3 is 5.32 Å². The van der Waals surface area contributed by atoms with Gasteiger partial charge in [0.2, 0.25) is 15.9 Å². The predicted octanol–water partition coefficient (Wildman–Crippen LogP) is 1.65. The van der Waals surface area contributed by atoms with Gasteiger partial charge in [0.05, 0.1) is 11.9 Å². The van der Waals surface area contributed by atoms with E-state index in [-0.39, 0.29) is 5.69 Å². The average molecular weight is 320 g/mol. The lowest BCUT2D eigenvalue weighted by Gasteiger charge is -2.26. The quantitative estimate of drug-likeness (QED) is 0.917. The zero-order valence-corrected chi connectivity index (χ0v) is 13.1. The number of nitrogens with zero attached hydrogens (tertiary/aromatic N) is 1. The number of anilines is 1. The Morgan fingerprint density at radius 2 is 1.86 bits per heavy atom. The molecule has 0 radical (unpaired) electrons. The Hall–Kier alpha value is -1.70. The number of nitrogens with one attached hydrogen (secondary N) is 1. The van der Waals surface area contributed by atoms with Crippen LogP contribution in [0.2, 0.25) is 0 Å². The summed E-state index contributed by atoms with van der Waals surface area (Å²) in [6, 6.07) is 2.48. The summed E-state index contributed by atoms with van der Waals surface area (Å²) in [5, 5.41) is 2.58. The number of sulfonamides is 1. The van der Waals surface area contributed by atoms with E-state index in [1.54, 1.807) is 20.8 Å². The average Bonchev–Trinajstić information content (AvgIpc) is 2.22. The van der Waals surface area contributed by atoms with Gasteiger partial charge in [-0.15, -0.1) is 0 Å². The van der Waals surface area contributed by atoms with Gasteiger partial charge in [0, 0.05) is 11.6 Å². The zero-order valence-electron chi connectivity index (χ0n) is 12.3. The van der Waals surface area contributed by atoms with Crippen molar-refractivity contribution in [2.24, 2.45) is 0 Å². The highest BCUT2D eigenvalue weighted by Gasteiger charge is 2.25. The summed E-state index contributed by atoms with van der Waals surface area (Å²) in [6.07, 6.45) is 0.847. The Bertz CT molecular complexity index is 639. The molecule has 0 atom stereocenters. The Morgan fingerprint density at radius 1 is 1.29 bits per heavy atom. The topological polar surface area (TPSA) is 66.5 Å². The fourth-order valence-electron chi connectivity index (χ4n) is 1.65. The van der Waals surface area contributed by atoms with Gasteiger partial charge in [0.1, 0.15) is 18.2 Å². The summed E-state index contributed by atoms with van der Waals surface area (Å²) in [5.41, 5.74) is -0.926. The number of hydrogen-bond acceptors (Lipinski definition) is 3. The Morgan fingerprint density at radius 3 is 2.29 bits per heavy atom. The minimum absolute atomic E-state index is 0.372. The van der Waals surface area contributed by atoms with E-state index in [0.29, 0.717) is 10.4 Å². The second kappa shape index (κ2) is 5.97. The molecule has 1 amide bonds. The molecule has 0 aliphatic rings. The molecular formula is C13H18F2N2O3S. The summed E-state index contributed by atoms with van der Waals surface area (Å²) in [7, 11) is -3.89. The molecule has 0 spiro atoms. The van der Waals surface area contributed by atoms with Crippen molar-refractivity contribution < 1.29 is 22.0 Å². The molecule has 5 nitrogen and oxygen atoms in total. The third-order valence-corrected chi connectivity index (χ3v) is 3.51. The molecule has 21 heavy (non-hydrogen) atoms. The highest BCUT2D eigenvalue weighted by molar-refractivity contribution is 7.92. The van der Waals surface area contributed by atoms with Crippen molar-refractivity contribution in [2.45, 2.75) is 26.3 Å². The van der Waals surface area contributed by atoms with E-state index in [1.165, 1.54) is 0 Å². The molecule has 1 aromatic carbocycles. The van der Waals surface area contributed by atoms with Crippen LogP contribution in [-0.2, 0) is 14.8 Å². The van der Waals surface area contributed by atoms with Gasteiger partial charge in [0.15, 0.2) is 0 Å². The first-order valence-corrected chi connectivity index (χ1v) is 7.99. The maximum Gasteiger partial charge on any atom is 0.241 e. The maximum absolute atomic E-state index is 13.7. The molecule has 0 aliphatic carbocycles. The number of carbonyl (C=O) groups is 1. The molecule has 0 heterocycles. The van der Waals surface area contributed by atoms with Crippen LogP contribution in [0.5, 0.6) is 0 Å². The highest BCUT2D eigenvalue weighted by Crippen LogP contribution is 2.22. The lowest BCUT2D eigenvalue weighted by atomic mass is 10.1. The van der Waals surface area contributed by atoms with E-state index in [0.717, 1.165) is 18.4 Å². The summed E-state index contributed by atoms with van der Waals surface area (Å²) >= 11 is 0. The van der Waals surface area contributed by atoms with E-state index < -0.39 is 39.6 Å². The van der Waals surface area contributed by atoms with Crippen LogP contribution in [0.3, 0.4) is 0 Å². The normalized spacial score (nSPS) is 12.1. The Balaban J connectivity index is 3.11. The van der Waals surface area contributed by atoms with Crippen LogP contribution >= 0.6 is 0 Å². The van der Waals surface area contributed by atoms with Crippen molar-refractivity contribution in [3.05, 3.63) is 29.8 Å². The standard InChI is InChI=1S/C13H18F2N2O3S/c1-13(2,3)16-12(18)8-17(21(4,19)20)11-6-5-9(14)7-10(11)15/h5-7H,8H2,1-4H3,(H,16,18). The first-order chi connectivity index (χ1) is 9.40. The number of halogens is 2. The molecule has 0 fully saturated rings. The first-order valence-electron chi connectivity index (χ1n) is 6.14. The molecule has 1 N–H and O–H groups in total. The molecule has 1 aromatic rings. The van der Waals surface area contributed by atoms with Gasteiger partial charge in [0.25, 0.3) is 0 Å². The minimum atomic E-state index is -3.89. The lowest BCUT2D eigenvalue weighted by molar-refractivity contribution is -0.121. The fourth-order valence-corrected chi connectivity index (χ4v) is 2.51. The molecule has 118 valence electrons. The third-order valence-electron chi connectivity index (χ3n) is 2.38. The molecule has 0 unspecified atom stereocenters. The van der Waals surface area contributed by atoms with Crippen molar-refractivity contribution in [3.8, 4) is 0 Å². The third kappa shape index (κ3) is 5.30. The number of hydrogen-bond donors (Lipinski definition) is 1. The van der Waals surface area contributed by atoms with E-state index in [1.807, 2.05) is 0 Å². The minimum Gasteiger partial charge on any atom is -0.350 e. The van der Waals surface area contributed by atoms with E-state index >= 15 is 0 Å². The van der Waals surface area contributed by atoms with Gasteiger partial charge in [-0.25, -0.2) is 17.2 Å². The van der Waals surface area contributed by atoms with Crippen molar-refractivity contribution in [1.82, 2.24) is 5.32 Å². The maximum atomic E-state index is 13.7. The fraction of sp³-hybridized carbons (Fsp3) is 0.462. The van der Waals surface area contributed by atoms with Crippen LogP contribution in [0.15, 0.2) is 18.2 Å². The van der Waals surface area contributed by atoms with Gasteiger partial charge >= 0.3 is 0 Å². The van der Waals surface area contributed by atoms with Crippen LogP contribution in [0.4, 0.5) is 14.5 Å². The zero-order chi connectivity index (χ0) is 16.4. The predicted molar refractivity (Wildman–Crippen MR) is 76.4 cm³/mol. The summed E-state index contributed by atoms with van der Waals surface area (Å²) in [6.45, 7) is 4.61. The highest BCUT2D eigenvalue weighted by atomic mass is 32.2. The van der Waals surface area contributed by atoms with Gasteiger partial charge in [-0.1, -0.05) is 0 Å². The molecule has 0 saturated heterocycles. The van der Waals surface area contributed by atoms with Gasteiger partial charge in [-0.2, -0.15) is 0 Å². The van der Waals surface area contributed by atoms with Crippen LogP contribution in [-0.4, -0.2) is 32.7 Å². The molecular weight excluding hydrogens is 302 g/mol. The lowest BCUT2D eigenvalue weighted by Crippen LogP contribution is -2.47. The van der Waals surface area contributed by atoms with E-state index in [9.17, 15) is 22.0 Å². The second-order valence-electron chi connectivity index (χ2n) is 5.66. The first kappa shape index (κ1) is 17.4. The van der Waals surface area contributed by atoms with E-state index in [4.69, 9.17) is 0 Å². The SMILES string of the molecule is CC(C)(C)NC(=O)CN(c1ccc(F)cc1F)S(C)(=O)=O. The number of amides is 1. The van der Waals surface area contributed by atoms with Gasteiger partial charge in [-0.3, -0.25) is 9.10 Å². The second-order valence-corrected chi connectivity index (χ2v) is 7.57. The van der Waals surface area contributed by atoms with Crippen molar-refractivity contribution in [1.29, 1.82) is 0 Å². The van der Waals surface area contributed by atoms with Crippen LogP contribution in [0.25, 0.3) is 0 Å². The number of benzene rings is 1. The monoisotopic (exact) mass is 320 g/mol. The Kier molecular flexibility index (Phi) is 4.93.